The lowest BCUT2D eigenvalue weighted by molar-refractivity contribution is 1.16. The molecule has 0 radical (unpaired) electrons. The van der Waals surface area contributed by atoms with E-state index in [1.54, 1.807) is 0 Å². The normalized spacial score (nSPS) is 12.6. The zero-order valence-corrected chi connectivity index (χ0v) is 13.3. The minimum atomic E-state index is 0.231. The van der Waals surface area contributed by atoms with Crippen LogP contribution in [0.4, 0.5) is 0 Å². The first-order chi connectivity index (χ1) is 9.68. The van der Waals surface area contributed by atoms with E-state index >= 15 is 0 Å². The fraction of sp³-hybridized carbons (Fsp3) is 0.158. The summed E-state index contributed by atoms with van der Waals surface area (Å²) < 4.78 is 0. The molecule has 0 amide bonds. The second-order valence-electron chi connectivity index (χ2n) is 5.24. The molecule has 0 spiro atoms. The molecule has 0 fully saturated rings. The zero-order chi connectivity index (χ0) is 14.1. The van der Waals surface area contributed by atoms with Gasteiger partial charge in [0, 0.05) is 0 Å². The van der Waals surface area contributed by atoms with Crippen LogP contribution in [-0.2, 0) is 0 Å². The maximum atomic E-state index is 3.89. The number of aryl methyl sites for hydroxylation is 2. The monoisotopic (exact) mass is 324 g/mol. The SMILES string of the molecule is Cc1ccccc1C(Br)c1ccc(C)c2ccccc12. The van der Waals surface area contributed by atoms with Crippen molar-refractivity contribution in [1.82, 2.24) is 0 Å². The Kier molecular flexibility index (Phi) is 3.62. The van der Waals surface area contributed by atoms with Crippen LogP contribution in [-0.4, -0.2) is 0 Å². The second kappa shape index (κ2) is 5.41. The summed E-state index contributed by atoms with van der Waals surface area (Å²) in [5.41, 5.74) is 5.31. The third-order valence-electron chi connectivity index (χ3n) is 3.91. The van der Waals surface area contributed by atoms with Gasteiger partial charge in [-0.3, -0.25) is 0 Å². The third kappa shape index (κ3) is 2.27. The van der Waals surface area contributed by atoms with E-state index in [1.165, 1.54) is 33.0 Å². The number of benzene rings is 3. The van der Waals surface area contributed by atoms with Crippen LogP contribution in [0.15, 0.2) is 60.7 Å². The molecule has 0 aliphatic heterocycles. The van der Waals surface area contributed by atoms with Gasteiger partial charge >= 0.3 is 0 Å². The Morgan fingerprint density at radius 1 is 0.650 bits per heavy atom. The molecule has 1 unspecified atom stereocenters. The molecule has 0 aliphatic rings. The van der Waals surface area contributed by atoms with Crippen molar-refractivity contribution in [2.24, 2.45) is 0 Å². The molecule has 0 nitrogen and oxygen atoms in total. The molecule has 3 rings (SSSR count). The lowest BCUT2D eigenvalue weighted by atomic mass is 9.94. The van der Waals surface area contributed by atoms with Crippen LogP contribution in [0.1, 0.15) is 27.1 Å². The maximum Gasteiger partial charge on any atom is 0.0653 e. The van der Waals surface area contributed by atoms with Gasteiger partial charge in [0.25, 0.3) is 0 Å². The van der Waals surface area contributed by atoms with Crippen molar-refractivity contribution in [3.63, 3.8) is 0 Å². The molecule has 0 N–H and O–H groups in total. The summed E-state index contributed by atoms with van der Waals surface area (Å²) in [5.74, 6) is 0. The minimum Gasteiger partial charge on any atom is -0.0786 e. The van der Waals surface area contributed by atoms with Crippen molar-refractivity contribution in [3.8, 4) is 0 Å². The molecule has 0 aromatic heterocycles. The summed E-state index contributed by atoms with van der Waals surface area (Å²) in [5, 5.41) is 2.67. The average Bonchev–Trinajstić information content (AvgIpc) is 2.48. The van der Waals surface area contributed by atoms with Gasteiger partial charge in [-0.1, -0.05) is 76.6 Å². The van der Waals surface area contributed by atoms with Crippen LogP contribution >= 0.6 is 15.9 Å². The molecule has 0 heterocycles. The zero-order valence-electron chi connectivity index (χ0n) is 11.7. The largest absolute Gasteiger partial charge is 0.0786 e. The van der Waals surface area contributed by atoms with Gasteiger partial charge in [0.1, 0.15) is 0 Å². The number of rotatable bonds is 2. The Morgan fingerprint density at radius 3 is 2.05 bits per heavy atom. The van der Waals surface area contributed by atoms with Crippen LogP contribution in [0, 0.1) is 13.8 Å². The van der Waals surface area contributed by atoms with Gasteiger partial charge in [0.05, 0.1) is 4.83 Å². The highest BCUT2D eigenvalue weighted by atomic mass is 79.9. The fourth-order valence-electron chi connectivity index (χ4n) is 2.73. The third-order valence-corrected chi connectivity index (χ3v) is 4.90. The molecule has 1 heteroatoms. The van der Waals surface area contributed by atoms with Crippen molar-refractivity contribution in [1.29, 1.82) is 0 Å². The van der Waals surface area contributed by atoms with Crippen molar-refractivity contribution in [3.05, 3.63) is 82.9 Å². The molecule has 3 aromatic rings. The highest BCUT2D eigenvalue weighted by Crippen LogP contribution is 2.37. The summed E-state index contributed by atoms with van der Waals surface area (Å²) in [6, 6.07) is 21.6. The molecule has 0 saturated heterocycles. The standard InChI is InChI=1S/C19H17Br/c1-13-7-3-4-9-16(13)19(20)18-12-11-14(2)15-8-5-6-10-17(15)18/h3-12,19H,1-2H3. The number of fused-ring (bicyclic) bond motifs is 1. The predicted molar refractivity (Wildman–Crippen MR) is 90.6 cm³/mol. The first-order valence-corrected chi connectivity index (χ1v) is 7.78. The topological polar surface area (TPSA) is 0 Å². The maximum absolute atomic E-state index is 3.89. The molecule has 0 saturated carbocycles. The van der Waals surface area contributed by atoms with Crippen LogP contribution in [0.2, 0.25) is 0 Å². The molecular weight excluding hydrogens is 308 g/mol. The van der Waals surface area contributed by atoms with Gasteiger partial charge in [-0.05, 0) is 46.9 Å². The van der Waals surface area contributed by atoms with Crippen molar-refractivity contribution in [2.75, 3.05) is 0 Å². The summed E-state index contributed by atoms with van der Waals surface area (Å²) in [6.45, 7) is 4.34. The van der Waals surface area contributed by atoms with Gasteiger partial charge in [-0.15, -0.1) is 0 Å². The van der Waals surface area contributed by atoms with E-state index in [1.807, 2.05) is 0 Å². The van der Waals surface area contributed by atoms with E-state index in [0.717, 1.165) is 0 Å². The smallest absolute Gasteiger partial charge is 0.0653 e. The molecule has 1 atom stereocenters. The Bertz CT molecular complexity index is 759. The average molecular weight is 325 g/mol. The Morgan fingerprint density at radius 2 is 1.30 bits per heavy atom. The van der Waals surface area contributed by atoms with E-state index in [4.69, 9.17) is 0 Å². The van der Waals surface area contributed by atoms with Crippen LogP contribution in [0.3, 0.4) is 0 Å². The summed E-state index contributed by atoms with van der Waals surface area (Å²) in [6.07, 6.45) is 0. The fourth-order valence-corrected chi connectivity index (χ4v) is 3.65. The predicted octanol–water partition coefficient (Wildman–Crippen LogP) is 5.94. The van der Waals surface area contributed by atoms with E-state index < -0.39 is 0 Å². The van der Waals surface area contributed by atoms with Gasteiger partial charge in [-0.25, -0.2) is 0 Å². The minimum absolute atomic E-state index is 0.231. The lowest BCUT2D eigenvalue weighted by Crippen LogP contribution is -1.97. The Labute approximate surface area is 128 Å². The first kappa shape index (κ1) is 13.4. The lowest BCUT2D eigenvalue weighted by Gasteiger charge is -2.17. The van der Waals surface area contributed by atoms with Crippen LogP contribution in [0.5, 0.6) is 0 Å². The molecule has 100 valence electrons. The summed E-state index contributed by atoms with van der Waals surface area (Å²) in [4.78, 5) is 0.231. The van der Waals surface area contributed by atoms with E-state index in [-0.39, 0.29) is 4.83 Å². The van der Waals surface area contributed by atoms with E-state index in [0.29, 0.717) is 0 Å². The van der Waals surface area contributed by atoms with E-state index in [9.17, 15) is 0 Å². The quantitative estimate of drug-likeness (QED) is 0.511. The van der Waals surface area contributed by atoms with Gasteiger partial charge < -0.3 is 0 Å². The van der Waals surface area contributed by atoms with Gasteiger partial charge in [-0.2, -0.15) is 0 Å². The van der Waals surface area contributed by atoms with Crippen molar-refractivity contribution < 1.29 is 0 Å². The van der Waals surface area contributed by atoms with Crippen LogP contribution in [0.25, 0.3) is 10.8 Å². The first-order valence-electron chi connectivity index (χ1n) is 6.86. The number of alkyl halides is 1. The van der Waals surface area contributed by atoms with Crippen LogP contribution < -0.4 is 0 Å². The number of hydrogen-bond acceptors (Lipinski definition) is 0. The highest BCUT2D eigenvalue weighted by molar-refractivity contribution is 9.09. The van der Waals surface area contributed by atoms with Crippen molar-refractivity contribution >= 4 is 26.7 Å². The van der Waals surface area contributed by atoms with Gasteiger partial charge in [0.2, 0.25) is 0 Å². The molecule has 0 aliphatic carbocycles. The summed E-state index contributed by atoms with van der Waals surface area (Å²) in [7, 11) is 0. The summed E-state index contributed by atoms with van der Waals surface area (Å²) >= 11 is 3.89. The van der Waals surface area contributed by atoms with Gasteiger partial charge in [0.15, 0.2) is 0 Å². The molecule has 0 bridgehead atoms. The number of halogens is 1. The Hall–Kier alpha value is -1.60. The highest BCUT2D eigenvalue weighted by Gasteiger charge is 2.15. The molecule has 3 aromatic carbocycles. The molecule has 20 heavy (non-hydrogen) atoms. The number of hydrogen-bond donors (Lipinski definition) is 0. The molecular formula is C19H17Br. The van der Waals surface area contributed by atoms with E-state index in [2.05, 4.69) is 90.4 Å². The van der Waals surface area contributed by atoms with Crippen molar-refractivity contribution in [2.45, 2.75) is 18.7 Å². The second-order valence-corrected chi connectivity index (χ2v) is 6.15. The Balaban J connectivity index is 2.20.